The Labute approximate surface area is 504 Å². The summed E-state index contributed by atoms with van der Waals surface area (Å²) in [6.07, 6.45) is 101. The first-order chi connectivity index (χ1) is 40.5. The molecule has 0 saturated carbocycles. The highest BCUT2D eigenvalue weighted by atomic mass is 16.6. The molecule has 0 rings (SSSR count). The number of hydrogen-bond acceptors (Lipinski definition) is 6. The molecule has 6 nitrogen and oxygen atoms in total. The van der Waals surface area contributed by atoms with E-state index in [1.165, 1.54) is 44.9 Å². The lowest BCUT2D eigenvalue weighted by atomic mass is 10.1. The van der Waals surface area contributed by atoms with Crippen LogP contribution in [0.5, 0.6) is 0 Å². The first kappa shape index (κ1) is 76.8. The van der Waals surface area contributed by atoms with E-state index in [-0.39, 0.29) is 31.1 Å². The van der Waals surface area contributed by atoms with Crippen LogP contribution in [0.4, 0.5) is 0 Å². The Hall–Kier alpha value is -5.23. The average Bonchev–Trinajstić information content (AvgIpc) is 3.48. The molecule has 0 aromatic heterocycles. The van der Waals surface area contributed by atoms with Crippen molar-refractivity contribution in [2.75, 3.05) is 13.2 Å². The van der Waals surface area contributed by atoms with E-state index in [0.717, 1.165) is 186 Å². The summed E-state index contributed by atoms with van der Waals surface area (Å²) >= 11 is 0. The van der Waals surface area contributed by atoms with E-state index < -0.39 is 6.10 Å². The number of carbonyl (C=O) groups is 3. The van der Waals surface area contributed by atoms with Gasteiger partial charge in [0.1, 0.15) is 13.2 Å². The van der Waals surface area contributed by atoms with E-state index in [2.05, 4.69) is 191 Å². The molecular formula is C76H120O6. The van der Waals surface area contributed by atoms with Crippen LogP contribution in [0.2, 0.25) is 0 Å². The van der Waals surface area contributed by atoms with E-state index in [4.69, 9.17) is 14.2 Å². The van der Waals surface area contributed by atoms with E-state index >= 15 is 0 Å². The van der Waals surface area contributed by atoms with Crippen molar-refractivity contribution in [2.45, 2.75) is 277 Å². The number of allylic oxidation sites excluding steroid dienone is 28. The summed E-state index contributed by atoms with van der Waals surface area (Å²) in [7, 11) is 0. The molecule has 0 saturated heterocycles. The maximum absolute atomic E-state index is 12.9. The Kier molecular flexibility index (Phi) is 63.9. The van der Waals surface area contributed by atoms with Crippen molar-refractivity contribution in [3.05, 3.63) is 170 Å². The van der Waals surface area contributed by atoms with Crippen molar-refractivity contribution in [3.8, 4) is 0 Å². The molecular weight excluding hydrogens is 1010 g/mol. The third-order valence-electron chi connectivity index (χ3n) is 13.4. The summed E-state index contributed by atoms with van der Waals surface area (Å²) in [5.74, 6) is -0.959. The molecule has 460 valence electrons. The third-order valence-corrected chi connectivity index (χ3v) is 13.4. The van der Waals surface area contributed by atoms with Gasteiger partial charge in [0.2, 0.25) is 0 Å². The number of rotatable bonds is 58. The lowest BCUT2D eigenvalue weighted by Crippen LogP contribution is -2.30. The van der Waals surface area contributed by atoms with E-state index in [9.17, 15) is 14.4 Å². The molecule has 0 aromatic carbocycles. The number of esters is 3. The molecule has 82 heavy (non-hydrogen) atoms. The lowest BCUT2D eigenvalue weighted by Gasteiger charge is -2.18. The minimum atomic E-state index is -0.810. The zero-order valence-electron chi connectivity index (χ0n) is 52.7. The van der Waals surface area contributed by atoms with E-state index in [0.29, 0.717) is 19.3 Å². The molecule has 0 bridgehead atoms. The van der Waals surface area contributed by atoms with E-state index in [1.807, 2.05) is 0 Å². The Morgan fingerprint density at radius 1 is 0.256 bits per heavy atom. The SMILES string of the molecule is CC/C=C\C/C=C\C/C=C\C/C=C\C/C=C\C/C=C\C/C=C\C/C=C\C/C=C\C/C=C\CCCCCCC(=O)OCC(COC(=O)CCCCCCC/C=C\CCCCCCC)OC(=O)CCCCCCC/C=C\C/C=C\C/C=C\CC. The van der Waals surface area contributed by atoms with Crippen LogP contribution in [0.25, 0.3) is 0 Å². The van der Waals surface area contributed by atoms with Crippen LogP contribution in [-0.4, -0.2) is 37.2 Å². The standard InChI is InChI=1S/C76H120O6/c1-4-7-10-13-16-19-22-25-28-29-30-31-32-33-34-35-36-37-38-39-40-41-42-43-44-45-46-47-49-51-54-57-60-63-66-69-75(78)81-72-73(71-80-74(77)68-65-62-59-56-53-50-27-24-21-18-15-12-9-6-3)82-76(79)70-67-64-61-58-55-52-48-26-23-20-17-14-11-8-5-2/h7-8,10-11,16-17,19-20,24-28,30-31,33-34,36-37,39-40,42-43,45-46,48-49,51,73H,4-6,9,12-15,18,21-23,29,32,35,38,41,44,47,50,52-72H2,1-3H3/b10-7-,11-8-,19-16-,20-17-,27-24-,28-25-,31-30-,34-33-,37-36-,40-39-,43-42-,46-45-,48-26-,51-49-. The number of hydrogen-bond donors (Lipinski definition) is 0. The van der Waals surface area contributed by atoms with Crippen LogP contribution in [0.1, 0.15) is 271 Å². The fourth-order valence-electron chi connectivity index (χ4n) is 8.54. The van der Waals surface area contributed by atoms with Crippen molar-refractivity contribution >= 4 is 17.9 Å². The molecule has 0 fully saturated rings. The molecule has 0 aliphatic rings. The second kappa shape index (κ2) is 68.3. The average molecular weight is 1130 g/mol. The Balaban J connectivity index is 4.36. The summed E-state index contributed by atoms with van der Waals surface area (Å²) < 4.78 is 16.9. The minimum absolute atomic E-state index is 0.104. The second-order valence-corrected chi connectivity index (χ2v) is 21.3. The highest BCUT2D eigenvalue weighted by Crippen LogP contribution is 2.14. The first-order valence-corrected chi connectivity index (χ1v) is 33.1. The van der Waals surface area contributed by atoms with Crippen LogP contribution in [0.3, 0.4) is 0 Å². The molecule has 0 spiro atoms. The molecule has 0 radical (unpaired) electrons. The van der Waals surface area contributed by atoms with Crippen LogP contribution >= 0.6 is 0 Å². The zero-order valence-corrected chi connectivity index (χ0v) is 52.7. The Morgan fingerprint density at radius 3 is 0.756 bits per heavy atom. The topological polar surface area (TPSA) is 78.9 Å². The van der Waals surface area contributed by atoms with Gasteiger partial charge in [0.25, 0.3) is 0 Å². The number of carbonyl (C=O) groups excluding carboxylic acids is 3. The van der Waals surface area contributed by atoms with Gasteiger partial charge in [-0.25, -0.2) is 0 Å². The van der Waals surface area contributed by atoms with Gasteiger partial charge >= 0.3 is 17.9 Å². The van der Waals surface area contributed by atoms with Crippen molar-refractivity contribution in [1.29, 1.82) is 0 Å². The summed E-state index contributed by atoms with van der Waals surface area (Å²) in [6, 6.07) is 0. The van der Waals surface area contributed by atoms with Crippen LogP contribution in [0, 0.1) is 0 Å². The predicted molar refractivity (Wildman–Crippen MR) is 357 cm³/mol. The molecule has 0 amide bonds. The summed E-state index contributed by atoms with van der Waals surface area (Å²) in [5.41, 5.74) is 0. The van der Waals surface area contributed by atoms with Gasteiger partial charge in [-0.05, 0) is 154 Å². The molecule has 6 heteroatoms. The molecule has 1 unspecified atom stereocenters. The van der Waals surface area contributed by atoms with Crippen molar-refractivity contribution in [3.63, 3.8) is 0 Å². The molecule has 0 aliphatic carbocycles. The third kappa shape index (κ3) is 65.6. The van der Waals surface area contributed by atoms with Crippen molar-refractivity contribution < 1.29 is 28.6 Å². The highest BCUT2D eigenvalue weighted by Gasteiger charge is 2.19. The fourth-order valence-corrected chi connectivity index (χ4v) is 8.54. The van der Waals surface area contributed by atoms with Gasteiger partial charge in [0.15, 0.2) is 6.10 Å². The van der Waals surface area contributed by atoms with Gasteiger partial charge in [0.05, 0.1) is 0 Å². The van der Waals surface area contributed by atoms with Gasteiger partial charge in [-0.3, -0.25) is 14.4 Å². The summed E-state index contributed by atoms with van der Waals surface area (Å²) in [4.78, 5) is 38.3. The van der Waals surface area contributed by atoms with Gasteiger partial charge in [-0.2, -0.15) is 0 Å². The lowest BCUT2D eigenvalue weighted by molar-refractivity contribution is -0.167. The number of ether oxygens (including phenoxy) is 3. The van der Waals surface area contributed by atoms with Crippen LogP contribution in [-0.2, 0) is 28.6 Å². The Morgan fingerprint density at radius 2 is 0.476 bits per heavy atom. The van der Waals surface area contributed by atoms with Gasteiger partial charge in [0, 0.05) is 19.3 Å². The molecule has 0 aliphatic heterocycles. The fraction of sp³-hybridized carbons (Fsp3) is 0.592. The predicted octanol–water partition coefficient (Wildman–Crippen LogP) is 23.0. The normalized spacial score (nSPS) is 13.3. The quantitative estimate of drug-likeness (QED) is 0.0261. The molecule has 0 aromatic rings. The second-order valence-electron chi connectivity index (χ2n) is 21.3. The minimum Gasteiger partial charge on any atom is -0.462 e. The molecule has 1 atom stereocenters. The van der Waals surface area contributed by atoms with Gasteiger partial charge < -0.3 is 14.2 Å². The Bertz CT molecular complexity index is 1870. The van der Waals surface area contributed by atoms with E-state index in [1.54, 1.807) is 0 Å². The van der Waals surface area contributed by atoms with Gasteiger partial charge in [-0.1, -0.05) is 268 Å². The maximum Gasteiger partial charge on any atom is 0.306 e. The van der Waals surface area contributed by atoms with Crippen molar-refractivity contribution in [2.24, 2.45) is 0 Å². The van der Waals surface area contributed by atoms with Gasteiger partial charge in [-0.15, -0.1) is 0 Å². The molecule has 0 heterocycles. The van der Waals surface area contributed by atoms with Crippen LogP contribution < -0.4 is 0 Å². The largest absolute Gasteiger partial charge is 0.462 e. The van der Waals surface area contributed by atoms with Crippen LogP contribution in [0.15, 0.2) is 170 Å². The first-order valence-electron chi connectivity index (χ1n) is 33.1. The summed E-state index contributed by atoms with van der Waals surface area (Å²) in [5, 5.41) is 0. The highest BCUT2D eigenvalue weighted by molar-refractivity contribution is 5.71. The monoisotopic (exact) mass is 1130 g/mol. The maximum atomic E-state index is 12.9. The zero-order chi connectivity index (χ0) is 59.2. The molecule has 0 N–H and O–H groups in total. The van der Waals surface area contributed by atoms with Crippen molar-refractivity contribution in [1.82, 2.24) is 0 Å². The summed E-state index contributed by atoms with van der Waals surface area (Å²) in [6.45, 7) is 6.36. The number of unbranched alkanes of at least 4 members (excludes halogenated alkanes) is 19. The smallest absolute Gasteiger partial charge is 0.306 e.